The first-order valence-electron chi connectivity index (χ1n) is 7.97. The zero-order valence-corrected chi connectivity index (χ0v) is 13.4. The van der Waals surface area contributed by atoms with Gasteiger partial charge in [-0.25, -0.2) is 0 Å². The Labute approximate surface area is 128 Å². The third-order valence-electron chi connectivity index (χ3n) is 3.84. The van der Waals surface area contributed by atoms with Gasteiger partial charge < -0.3 is 10.1 Å². The molecular weight excluding hydrogens is 262 g/mol. The van der Waals surface area contributed by atoms with E-state index in [0.717, 1.165) is 12.8 Å². The van der Waals surface area contributed by atoms with E-state index in [0.29, 0.717) is 18.4 Å². The molecule has 21 heavy (non-hydrogen) atoms. The molecule has 1 saturated carbocycles. The van der Waals surface area contributed by atoms with Crippen LogP contribution in [0.5, 0.6) is 0 Å². The highest BCUT2D eigenvalue weighted by molar-refractivity contribution is 5.70. The molecule has 116 valence electrons. The van der Waals surface area contributed by atoms with Crippen molar-refractivity contribution in [3.63, 3.8) is 0 Å². The van der Waals surface area contributed by atoms with Crippen LogP contribution in [0.1, 0.15) is 44.2 Å². The predicted octanol–water partition coefficient (Wildman–Crippen LogP) is 3.11. The second-order valence-electron chi connectivity index (χ2n) is 6.54. The molecular formula is C18H27NO2. The van der Waals surface area contributed by atoms with E-state index in [2.05, 4.69) is 43.4 Å². The second kappa shape index (κ2) is 7.60. The molecule has 0 amide bonds. The highest BCUT2D eigenvalue weighted by Crippen LogP contribution is 2.21. The summed E-state index contributed by atoms with van der Waals surface area (Å²) in [7, 11) is 1.46. The van der Waals surface area contributed by atoms with Gasteiger partial charge in [-0.2, -0.15) is 0 Å². The molecule has 3 heteroatoms. The van der Waals surface area contributed by atoms with Crippen molar-refractivity contribution >= 4 is 5.97 Å². The van der Waals surface area contributed by atoms with Crippen LogP contribution in [-0.2, 0) is 22.4 Å². The van der Waals surface area contributed by atoms with Crippen LogP contribution in [0.3, 0.4) is 0 Å². The summed E-state index contributed by atoms with van der Waals surface area (Å²) in [4.78, 5) is 11.5. The van der Waals surface area contributed by atoms with Crippen molar-refractivity contribution in [1.82, 2.24) is 5.32 Å². The summed E-state index contributed by atoms with van der Waals surface area (Å²) in [5.41, 5.74) is 2.66. The molecule has 1 fully saturated rings. The van der Waals surface area contributed by atoms with Gasteiger partial charge in [-0.3, -0.25) is 4.79 Å². The van der Waals surface area contributed by atoms with Crippen molar-refractivity contribution in [2.75, 3.05) is 7.11 Å². The zero-order chi connectivity index (χ0) is 15.2. The highest BCUT2D eigenvalue weighted by Gasteiger charge is 2.26. The Morgan fingerprint density at radius 1 is 1.19 bits per heavy atom. The molecule has 3 nitrogen and oxygen atoms in total. The topological polar surface area (TPSA) is 38.3 Å². The number of ether oxygens (including phenoxy) is 1. The smallest absolute Gasteiger partial charge is 0.307 e. The fourth-order valence-corrected chi connectivity index (χ4v) is 2.63. The molecule has 1 unspecified atom stereocenters. The maximum absolute atomic E-state index is 11.5. The lowest BCUT2D eigenvalue weighted by Crippen LogP contribution is -2.35. The largest absolute Gasteiger partial charge is 0.469 e. The first-order chi connectivity index (χ1) is 10.1. The number of hydrogen-bond acceptors (Lipinski definition) is 3. The van der Waals surface area contributed by atoms with Gasteiger partial charge in [0.05, 0.1) is 13.5 Å². The van der Waals surface area contributed by atoms with Crippen LogP contribution in [0.15, 0.2) is 24.3 Å². The van der Waals surface area contributed by atoms with Crippen LogP contribution < -0.4 is 5.32 Å². The molecule has 0 heterocycles. The van der Waals surface area contributed by atoms with E-state index in [1.165, 1.54) is 31.1 Å². The quantitative estimate of drug-likeness (QED) is 0.747. The molecule has 0 spiro atoms. The fourth-order valence-electron chi connectivity index (χ4n) is 2.63. The van der Waals surface area contributed by atoms with Crippen molar-refractivity contribution < 1.29 is 9.53 Å². The molecule has 1 atom stereocenters. The van der Waals surface area contributed by atoms with E-state index < -0.39 is 0 Å². The molecule has 1 aromatic rings. The summed E-state index contributed by atoms with van der Waals surface area (Å²) < 4.78 is 4.80. The summed E-state index contributed by atoms with van der Waals surface area (Å²) in [6.45, 7) is 4.47. The van der Waals surface area contributed by atoms with Gasteiger partial charge in [0.2, 0.25) is 0 Å². The summed E-state index contributed by atoms with van der Waals surface area (Å²) in [6, 6.07) is 9.58. The molecule has 1 aromatic carbocycles. The molecule has 0 aliphatic heterocycles. The number of benzene rings is 1. The molecule has 1 aliphatic rings. The average Bonchev–Trinajstić information content (AvgIpc) is 3.24. The van der Waals surface area contributed by atoms with Crippen LogP contribution in [0, 0.1) is 5.92 Å². The lowest BCUT2D eigenvalue weighted by molar-refractivity contribution is -0.141. The molecule has 0 bridgehead atoms. The molecule has 0 saturated heterocycles. The van der Waals surface area contributed by atoms with Gasteiger partial charge in [0, 0.05) is 12.1 Å². The fraction of sp³-hybridized carbons (Fsp3) is 0.611. The van der Waals surface area contributed by atoms with Gasteiger partial charge in [-0.1, -0.05) is 38.1 Å². The summed E-state index contributed by atoms with van der Waals surface area (Å²) in [6.07, 6.45) is 4.90. The van der Waals surface area contributed by atoms with Crippen LogP contribution in [0.2, 0.25) is 0 Å². The van der Waals surface area contributed by atoms with Crippen molar-refractivity contribution in [2.45, 2.75) is 58.0 Å². The Hall–Kier alpha value is -1.35. The maximum Gasteiger partial charge on any atom is 0.307 e. The molecule has 1 N–H and O–H groups in total. The van der Waals surface area contributed by atoms with Gasteiger partial charge in [-0.15, -0.1) is 0 Å². The Kier molecular flexibility index (Phi) is 5.80. The number of esters is 1. The SMILES string of the molecule is COC(=O)CC(Cc1ccc(CC(C)C)cc1)NC1CC1. The number of carbonyl (C=O) groups excluding carboxylic acids is 1. The molecule has 0 radical (unpaired) electrons. The van der Waals surface area contributed by atoms with E-state index in [4.69, 9.17) is 4.74 Å². The van der Waals surface area contributed by atoms with Crippen LogP contribution in [0.25, 0.3) is 0 Å². The van der Waals surface area contributed by atoms with Crippen LogP contribution >= 0.6 is 0 Å². The van der Waals surface area contributed by atoms with E-state index in [9.17, 15) is 4.79 Å². The van der Waals surface area contributed by atoms with Gasteiger partial charge in [0.25, 0.3) is 0 Å². The van der Waals surface area contributed by atoms with Gasteiger partial charge in [0.15, 0.2) is 0 Å². The van der Waals surface area contributed by atoms with Crippen molar-refractivity contribution in [1.29, 1.82) is 0 Å². The third kappa shape index (κ3) is 5.88. The highest BCUT2D eigenvalue weighted by atomic mass is 16.5. The second-order valence-corrected chi connectivity index (χ2v) is 6.54. The number of methoxy groups -OCH3 is 1. The molecule has 0 aromatic heterocycles. The summed E-state index contributed by atoms with van der Waals surface area (Å²) in [5.74, 6) is 0.545. The maximum atomic E-state index is 11.5. The first kappa shape index (κ1) is 16.0. The lowest BCUT2D eigenvalue weighted by atomic mass is 9.98. The van der Waals surface area contributed by atoms with Crippen LogP contribution in [-0.4, -0.2) is 25.2 Å². The van der Waals surface area contributed by atoms with Gasteiger partial charge in [0.1, 0.15) is 0 Å². The Bertz CT molecular complexity index is 449. The average molecular weight is 289 g/mol. The minimum Gasteiger partial charge on any atom is -0.469 e. The first-order valence-corrected chi connectivity index (χ1v) is 7.97. The molecule has 1 aliphatic carbocycles. The van der Waals surface area contributed by atoms with E-state index in [1.807, 2.05) is 0 Å². The summed E-state index contributed by atoms with van der Waals surface area (Å²) in [5, 5.41) is 3.55. The Morgan fingerprint density at radius 3 is 2.24 bits per heavy atom. The zero-order valence-electron chi connectivity index (χ0n) is 13.4. The van der Waals surface area contributed by atoms with Gasteiger partial charge in [-0.05, 0) is 42.7 Å². The monoisotopic (exact) mass is 289 g/mol. The number of carbonyl (C=O) groups is 1. The molecule has 2 rings (SSSR count). The van der Waals surface area contributed by atoms with Crippen molar-refractivity contribution in [3.05, 3.63) is 35.4 Å². The number of nitrogens with one attached hydrogen (secondary N) is 1. The van der Waals surface area contributed by atoms with Gasteiger partial charge >= 0.3 is 5.97 Å². The lowest BCUT2D eigenvalue weighted by Gasteiger charge is -2.18. The van der Waals surface area contributed by atoms with E-state index in [1.54, 1.807) is 0 Å². The minimum atomic E-state index is -0.135. The Morgan fingerprint density at radius 2 is 1.76 bits per heavy atom. The number of rotatable bonds is 8. The van der Waals surface area contributed by atoms with Crippen LogP contribution in [0.4, 0.5) is 0 Å². The summed E-state index contributed by atoms with van der Waals surface area (Å²) >= 11 is 0. The normalized spacial score (nSPS) is 16.0. The third-order valence-corrected chi connectivity index (χ3v) is 3.84. The Balaban J connectivity index is 1.93. The van der Waals surface area contributed by atoms with E-state index >= 15 is 0 Å². The number of hydrogen-bond donors (Lipinski definition) is 1. The minimum absolute atomic E-state index is 0.135. The standard InChI is InChI=1S/C18H27NO2/c1-13(2)10-14-4-6-15(7-5-14)11-17(12-18(20)21-3)19-16-8-9-16/h4-7,13,16-17,19H,8-12H2,1-3H3. The van der Waals surface area contributed by atoms with Crippen molar-refractivity contribution in [3.8, 4) is 0 Å². The predicted molar refractivity (Wildman–Crippen MR) is 85.3 cm³/mol. The van der Waals surface area contributed by atoms with E-state index in [-0.39, 0.29) is 12.0 Å². The van der Waals surface area contributed by atoms with Crippen molar-refractivity contribution in [2.24, 2.45) is 5.92 Å².